The number of hydrogen-bond acceptors (Lipinski definition) is 7. The lowest BCUT2D eigenvalue weighted by Crippen LogP contribution is -2.60. The van der Waals surface area contributed by atoms with Crippen LogP contribution in [-0.2, 0) is 20.8 Å². The number of rotatable bonds is 5. The van der Waals surface area contributed by atoms with Gasteiger partial charge < -0.3 is 14.2 Å². The van der Waals surface area contributed by atoms with Crippen LogP contribution in [0.2, 0.25) is 0 Å². The largest absolute Gasteiger partial charge is 0.459 e. The number of benzene rings is 2. The SMILES string of the molecule is O=C(OC1CC2COCC(C1)N2C(=O)OCc1ccccc1)c1ccc(NO)cc1. The first kappa shape index (κ1) is 20.2. The van der Waals surface area contributed by atoms with E-state index in [1.165, 1.54) is 0 Å². The summed E-state index contributed by atoms with van der Waals surface area (Å²) in [6.07, 6.45) is 0.331. The van der Waals surface area contributed by atoms with E-state index in [9.17, 15) is 9.59 Å². The first-order valence-corrected chi connectivity index (χ1v) is 9.92. The topological polar surface area (TPSA) is 97.3 Å². The van der Waals surface area contributed by atoms with Crippen molar-refractivity contribution in [1.29, 1.82) is 0 Å². The van der Waals surface area contributed by atoms with Gasteiger partial charge in [0.25, 0.3) is 0 Å². The van der Waals surface area contributed by atoms with Crippen LogP contribution in [0.5, 0.6) is 0 Å². The molecule has 0 spiro atoms. The van der Waals surface area contributed by atoms with Gasteiger partial charge in [-0.15, -0.1) is 0 Å². The van der Waals surface area contributed by atoms with Gasteiger partial charge >= 0.3 is 12.1 Å². The van der Waals surface area contributed by atoms with Gasteiger partial charge in [-0.25, -0.2) is 9.59 Å². The summed E-state index contributed by atoms with van der Waals surface area (Å²) in [4.78, 5) is 26.9. The molecule has 8 nitrogen and oxygen atoms in total. The van der Waals surface area contributed by atoms with Gasteiger partial charge in [0.15, 0.2) is 0 Å². The predicted octanol–water partition coefficient (Wildman–Crippen LogP) is 3.21. The number of carbonyl (C=O) groups is 2. The lowest BCUT2D eigenvalue weighted by Gasteiger charge is -2.47. The zero-order valence-electron chi connectivity index (χ0n) is 16.4. The predicted molar refractivity (Wildman–Crippen MR) is 107 cm³/mol. The Labute approximate surface area is 174 Å². The molecule has 2 N–H and O–H groups in total. The van der Waals surface area contributed by atoms with Crippen LogP contribution in [0.25, 0.3) is 0 Å². The van der Waals surface area contributed by atoms with E-state index in [4.69, 9.17) is 19.4 Å². The van der Waals surface area contributed by atoms with Crippen LogP contribution in [0.4, 0.5) is 10.5 Å². The molecule has 2 heterocycles. The smallest absolute Gasteiger partial charge is 0.410 e. The van der Waals surface area contributed by atoms with Crippen molar-refractivity contribution in [2.75, 3.05) is 18.7 Å². The summed E-state index contributed by atoms with van der Waals surface area (Å²) in [5, 5.41) is 8.87. The number of esters is 1. The number of nitrogens with one attached hydrogen (secondary N) is 1. The fraction of sp³-hybridized carbons (Fsp3) is 0.364. The van der Waals surface area contributed by atoms with Gasteiger partial charge in [0.2, 0.25) is 0 Å². The standard InChI is InChI=1S/C22H24N2O6/c25-21(16-6-8-17(23-27)9-7-16)30-20-10-18-13-28-14-19(11-20)24(18)22(26)29-12-15-4-2-1-3-5-15/h1-9,18-20,23,27H,10-14H2. The number of amides is 1. The molecule has 0 aliphatic carbocycles. The van der Waals surface area contributed by atoms with E-state index in [0.717, 1.165) is 5.56 Å². The Hall–Kier alpha value is -3.10. The van der Waals surface area contributed by atoms with Crippen molar-refractivity contribution in [3.8, 4) is 0 Å². The molecule has 8 heteroatoms. The second-order valence-corrected chi connectivity index (χ2v) is 7.48. The third-order valence-corrected chi connectivity index (χ3v) is 5.42. The zero-order chi connectivity index (χ0) is 20.9. The molecule has 2 aromatic rings. The first-order valence-electron chi connectivity index (χ1n) is 9.92. The molecular formula is C22H24N2O6. The molecule has 2 aromatic carbocycles. The highest BCUT2D eigenvalue weighted by Crippen LogP contribution is 2.31. The van der Waals surface area contributed by atoms with Crippen LogP contribution in [0.1, 0.15) is 28.8 Å². The van der Waals surface area contributed by atoms with Crippen LogP contribution in [0, 0.1) is 0 Å². The minimum absolute atomic E-state index is 0.195. The number of anilines is 1. The van der Waals surface area contributed by atoms with Gasteiger partial charge in [-0.1, -0.05) is 30.3 Å². The summed E-state index contributed by atoms with van der Waals surface area (Å²) in [7, 11) is 0. The lowest BCUT2D eigenvalue weighted by molar-refractivity contribution is -0.0989. The molecule has 158 valence electrons. The van der Waals surface area contributed by atoms with Gasteiger partial charge in [0.05, 0.1) is 36.5 Å². The third kappa shape index (κ3) is 4.55. The number of ether oxygens (including phenoxy) is 3. The molecule has 0 aromatic heterocycles. The van der Waals surface area contributed by atoms with Crippen molar-refractivity contribution in [1.82, 2.24) is 4.90 Å². The van der Waals surface area contributed by atoms with Gasteiger partial charge in [0, 0.05) is 12.8 Å². The van der Waals surface area contributed by atoms with Crippen molar-refractivity contribution in [2.45, 2.75) is 37.6 Å². The third-order valence-electron chi connectivity index (χ3n) is 5.42. The minimum atomic E-state index is -0.427. The van der Waals surface area contributed by atoms with Gasteiger partial charge in [-0.2, -0.15) is 0 Å². The molecule has 2 atom stereocenters. The van der Waals surface area contributed by atoms with E-state index in [1.807, 2.05) is 35.8 Å². The Morgan fingerprint density at radius 2 is 1.70 bits per heavy atom. The van der Waals surface area contributed by atoms with Crippen LogP contribution in [0.3, 0.4) is 0 Å². The number of hydrogen-bond donors (Lipinski definition) is 2. The van der Waals surface area contributed by atoms with Gasteiger partial charge in [-0.3, -0.25) is 15.6 Å². The number of carbonyl (C=O) groups excluding carboxylic acids is 2. The normalized spacial score (nSPS) is 22.8. The van der Waals surface area contributed by atoms with Crippen LogP contribution in [-0.4, -0.2) is 53.6 Å². The molecule has 1 amide bonds. The fourth-order valence-electron chi connectivity index (χ4n) is 3.95. The maximum Gasteiger partial charge on any atom is 0.410 e. The maximum atomic E-state index is 12.7. The highest BCUT2D eigenvalue weighted by atomic mass is 16.6. The van der Waals surface area contributed by atoms with E-state index >= 15 is 0 Å². The Balaban J connectivity index is 1.35. The number of nitrogens with zero attached hydrogens (tertiary/aromatic N) is 1. The van der Waals surface area contributed by atoms with Crippen LogP contribution < -0.4 is 5.48 Å². The molecule has 2 fully saturated rings. The molecule has 2 unspecified atom stereocenters. The van der Waals surface area contributed by atoms with E-state index in [0.29, 0.717) is 37.3 Å². The first-order chi connectivity index (χ1) is 14.6. The summed E-state index contributed by atoms with van der Waals surface area (Å²) < 4.78 is 16.8. The molecule has 2 bridgehead atoms. The Morgan fingerprint density at radius 3 is 2.33 bits per heavy atom. The second-order valence-electron chi connectivity index (χ2n) is 7.48. The lowest BCUT2D eigenvalue weighted by atomic mass is 9.92. The van der Waals surface area contributed by atoms with Gasteiger partial charge in [0.1, 0.15) is 12.7 Å². The molecule has 2 aliphatic heterocycles. The van der Waals surface area contributed by atoms with Gasteiger partial charge in [-0.05, 0) is 29.8 Å². The summed E-state index contributed by atoms with van der Waals surface area (Å²) in [6.45, 7) is 0.997. The highest BCUT2D eigenvalue weighted by Gasteiger charge is 2.43. The van der Waals surface area contributed by atoms with Crippen molar-refractivity contribution in [3.05, 3.63) is 65.7 Å². The Bertz CT molecular complexity index is 859. The average molecular weight is 412 g/mol. The van der Waals surface area contributed by atoms with E-state index < -0.39 is 5.97 Å². The van der Waals surface area contributed by atoms with Crippen molar-refractivity contribution >= 4 is 17.7 Å². The molecule has 0 radical (unpaired) electrons. The monoisotopic (exact) mass is 412 g/mol. The number of morpholine rings is 1. The Kier molecular flexibility index (Phi) is 6.15. The maximum absolute atomic E-state index is 12.7. The second kappa shape index (κ2) is 9.15. The zero-order valence-corrected chi connectivity index (χ0v) is 16.4. The highest BCUT2D eigenvalue weighted by molar-refractivity contribution is 5.90. The molecular weight excluding hydrogens is 388 g/mol. The Morgan fingerprint density at radius 1 is 1.03 bits per heavy atom. The minimum Gasteiger partial charge on any atom is -0.459 e. The quantitative estimate of drug-likeness (QED) is 0.575. The number of fused-ring (bicyclic) bond motifs is 2. The summed E-state index contributed by atoms with van der Waals surface area (Å²) >= 11 is 0. The molecule has 2 saturated heterocycles. The van der Waals surface area contributed by atoms with Crippen molar-refractivity contribution in [3.63, 3.8) is 0 Å². The summed E-state index contributed by atoms with van der Waals surface area (Å²) in [5.41, 5.74) is 3.84. The van der Waals surface area contributed by atoms with Crippen molar-refractivity contribution < 1.29 is 29.0 Å². The molecule has 4 rings (SSSR count). The number of piperidine rings is 1. The van der Waals surface area contributed by atoms with E-state index in [1.54, 1.807) is 29.2 Å². The van der Waals surface area contributed by atoms with Crippen LogP contribution >= 0.6 is 0 Å². The van der Waals surface area contributed by atoms with Crippen molar-refractivity contribution in [2.24, 2.45) is 0 Å². The average Bonchev–Trinajstić information content (AvgIpc) is 2.77. The fourth-order valence-corrected chi connectivity index (χ4v) is 3.95. The summed E-state index contributed by atoms with van der Waals surface area (Å²) in [6, 6.07) is 15.5. The molecule has 30 heavy (non-hydrogen) atoms. The molecule has 0 saturated carbocycles. The van der Waals surface area contributed by atoms with E-state index in [2.05, 4.69) is 0 Å². The van der Waals surface area contributed by atoms with E-state index in [-0.39, 0.29) is 30.9 Å². The van der Waals surface area contributed by atoms with Crippen LogP contribution in [0.15, 0.2) is 54.6 Å². The molecule has 2 aliphatic rings. The summed E-state index contributed by atoms with van der Waals surface area (Å²) in [5.74, 6) is -0.427.